The second-order valence-electron chi connectivity index (χ2n) is 5.97. The van der Waals surface area contributed by atoms with Crippen LogP contribution in [-0.4, -0.2) is 56.8 Å². The fraction of sp³-hybridized carbons (Fsp3) is 0.353. The van der Waals surface area contributed by atoms with Crippen molar-refractivity contribution >= 4 is 34.8 Å². The lowest BCUT2D eigenvalue weighted by Crippen LogP contribution is -2.52. The molecule has 8 heteroatoms. The first kappa shape index (κ1) is 17.8. The molecular formula is C17H20ClN5OS. The van der Waals surface area contributed by atoms with Crippen molar-refractivity contribution in [2.24, 2.45) is 7.05 Å². The average Bonchev–Trinajstić information content (AvgIpc) is 2.95. The molecule has 0 atom stereocenters. The third kappa shape index (κ3) is 4.36. The predicted octanol–water partition coefficient (Wildman–Crippen LogP) is 1.91. The molecule has 1 aliphatic heterocycles. The topological polar surface area (TPSA) is 53.4 Å². The summed E-state index contributed by atoms with van der Waals surface area (Å²) in [5, 5.41) is 7.47. The number of carbonyl (C=O) groups excluding carboxylic acids is 1. The number of amides is 1. The summed E-state index contributed by atoms with van der Waals surface area (Å²) >= 11 is 11.4. The van der Waals surface area contributed by atoms with Gasteiger partial charge in [-0.15, -0.1) is 0 Å². The number of aromatic nitrogens is 2. The summed E-state index contributed by atoms with van der Waals surface area (Å²) in [5.41, 5.74) is 1.62. The van der Waals surface area contributed by atoms with Crippen molar-refractivity contribution in [2.75, 3.05) is 26.2 Å². The fourth-order valence-corrected chi connectivity index (χ4v) is 3.38. The van der Waals surface area contributed by atoms with E-state index in [-0.39, 0.29) is 5.91 Å². The van der Waals surface area contributed by atoms with Crippen LogP contribution in [0.2, 0.25) is 5.02 Å². The Hall–Kier alpha value is -1.96. The van der Waals surface area contributed by atoms with Crippen LogP contribution in [0.1, 0.15) is 16.1 Å². The second kappa shape index (κ2) is 7.95. The van der Waals surface area contributed by atoms with Crippen molar-refractivity contribution in [2.45, 2.75) is 6.54 Å². The molecule has 0 aliphatic carbocycles. The second-order valence-corrected chi connectivity index (χ2v) is 6.77. The summed E-state index contributed by atoms with van der Waals surface area (Å²) in [4.78, 5) is 16.7. The minimum Gasteiger partial charge on any atom is -0.346 e. The highest BCUT2D eigenvalue weighted by Gasteiger charge is 2.22. The Kier molecular flexibility index (Phi) is 5.67. The van der Waals surface area contributed by atoms with Crippen molar-refractivity contribution in [3.05, 3.63) is 52.8 Å². The molecule has 1 aliphatic rings. The average molecular weight is 378 g/mol. The number of piperazine rings is 1. The molecule has 25 heavy (non-hydrogen) atoms. The zero-order valence-electron chi connectivity index (χ0n) is 14.0. The molecular weight excluding hydrogens is 358 g/mol. The minimum absolute atomic E-state index is 0.312. The molecule has 0 unspecified atom stereocenters. The smallest absolute Gasteiger partial charge is 0.277 e. The number of nitrogens with one attached hydrogen (secondary N) is 1. The van der Waals surface area contributed by atoms with Gasteiger partial charge in [-0.1, -0.05) is 41.9 Å². The number of hydrogen-bond acceptors (Lipinski definition) is 4. The lowest BCUT2D eigenvalue weighted by Gasteiger charge is -2.36. The number of aryl methyl sites for hydroxylation is 1. The summed E-state index contributed by atoms with van der Waals surface area (Å²) in [6, 6.07) is 10.4. The van der Waals surface area contributed by atoms with E-state index in [9.17, 15) is 4.79 Å². The van der Waals surface area contributed by atoms with Crippen molar-refractivity contribution in [1.82, 2.24) is 24.9 Å². The number of nitrogens with zero attached hydrogens (tertiary/aromatic N) is 4. The maximum absolute atomic E-state index is 12.3. The molecule has 6 nitrogen and oxygen atoms in total. The van der Waals surface area contributed by atoms with E-state index < -0.39 is 0 Å². The third-order valence-corrected chi connectivity index (χ3v) is 4.88. The van der Waals surface area contributed by atoms with Crippen LogP contribution in [0.4, 0.5) is 0 Å². The summed E-state index contributed by atoms with van der Waals surface area (Å²) in [5.74, 6) is -0.332. The van der Waals surface area contributed by atoms with Gasteiger partial charge < -0.3 is 4.90 Å². The van der Waals surface area contributed by atoms with E-state index >= 15 is 0 Å². The number of rotatable bonds is 3. The number of halogens is 1. The van der Waals surface area contributed by atoms with Gasteiger partial charge in [0.15, 0.2) is 5.11 Å². The Morgan fingerprint density at radius 2 is 1.92 bits per heavy atom. The van der Waals surface area contributed by atoms with Crippen LogP contribution in [0.25, 0.3) is 0 Å². The van der Waals surface area contributed by atoms with Crippen LogP contribution in [0.3, 0.4) is 0 Å². The van der Waals surface area contributed by atoms with Gasteiger partial charge in [-0.25, -0.2) is 0 Å². The SMILES string of the molecule is Cn1ncc(Cl)c1C(=O)NC(=S)N1CCN(Cc2ccccc2)CC1. The van der Waals surface area contributed by atoms with Crippen LogP contribution in [0, 0.1) is 0 Å². The molecule has 2 heterocycles. The maximum atomic E-state index is 12.3. The molecule has 1 saturated heterocycles. The Balaban J connectivity index is 1.51. The van der Waals surface area contributed by atoms with E-state index in [0.717, 1.165) is 32.7 Å². The van der Waals surface area contributed by atoms with E-state index in [0.29, 0.717) is 15.8 Å². The standard InChI is InChI=1S/C17H20ClN5OS/c1-21-15(14(18)11-19-21)16(24)20-17(25)23-9-7-22(8-10-23)12-13-5-3-2-4-6-13/h2-6,11H,7-10,12H2,1H3,(H,20,24,25). The lowest BCUT2D eigenvalue weighted by atomic mass is 10.2. The Labute approximate surface area is 157 Å². The quantitative estimate of drug-likeness (QED) is 0.828. The van der Waals surface area contributed by atoms with E-state index in [1.165, 1.54) is 16.4 Å². The number of carbonyl (C=O) groups is 1. The van der Waals surface area contributed by atoms with Crippen LogP contribution < -0.4 is 5.32 Å². The summed E-state index contributed by atoms with van der Waals surface area (Å²) < 4.78 is 1.44. The van der Waals surface area contributed by atoms with Gasteiger partial charge in [-0.05, 0) is 17.8 Å². The highest BCUT2D eigenvalue weighted by molar-refractivity contribution is 7.80. The summed E-state index contributed by atoms with van der Waals surface area (Å²) in [6.45, 7) is 4.29. The first-order chi connectivity index (χ1) is 12.0. The molecule has 1 fully saturated rings. The molecule has 2 aromatic rings. The molecule has 0 radical (unpaired) electrons. The van der Waals surface area contributed by atoms with Gasteiger partial charge in [0.1, 0.15) is 5.69 Å². The number of benzene rings is 1. The van der Waals surface area contributed by atoms with Gasteiger partial charge >= 0.3 is 0 Å². The molecule has 1 N–H and O–H groups in total. The van der Waals surface area contributed by atoms with Crippen molar-refractivity contribution < 1.29 is 4.79 Å². The highest BCUT2D eigenvalue weighted by Crippen LogP contribution is 2.14. The van der Waals surface area contributed by atoms with Gasteiger partial charge in [0.05, 0.1) is 11.2 Å². The van der Waals surface area contributed by atoms with Crippen molar-refractivity contribution in [3.8, 4) is 0 Å². The van der Waals surface area contributed by atoms with E-state index in [4.69, 9.17) is 23.8 Å². The molecule has 3 rings (SSSR count). The van der Waals surface area contributed by atoms with Gasteiger partial charge in [0, 0.05) is 39.8 Å². The lowest BCUT2D eigenvalue weighted by molar-refractivity contribution is 0.0960. The van der Waals surface area contributed by atoms with Gasteiger partial charge in [-0.2, -0.15) is 5.10 Å². The Morgan fingerprint density at radius 3 is 2.52 bits per heavy atom. The third-order valence-electron chi connectivity index (χ3n) is 4.24. The van der Waals surface area contributed by atoms with E-state index in [2.05, 4.69) is 39.6 Å². The maximum Gasteiger partial charge on any atom is 0.277 e. The molecule has 0 saturated carbocycles. The molecule has 0 spiro atoms. The Bertz CT molecular complexity index is 736. The molecule has 1 amide bonds. The Morgan fingerprint density at radius 1 is 1.24 bits per heavy atom. The monoisotopic (exact) mass is 377 g/mol. The number of thiocarbonyl (C=S) groups is 1. The zero-order chi connectivity index (χ0) is 17.8. The minimum atomic E-state index is -0.332. The molecule has 1 aromatic carbocycles. The van der Waals surface area contributed by atoms with Crippen molar-refractivity contribution in [1.29, 1.82) is 0 Å². The predicted molar refractivity (Wildman–Crippen MR) is 102 cm³/mol. The zero-order valence-corrected chi connectivity index (χ0v) is 15.6. The van der Waals surface area contributed by atoms with Crippen LogP contribution in [0.5, 0.6) is 0 Å². The highest BCUT2D eigenvalue weighted by atomic mass is 35.5. The van der Waals surface area contributed by atoms with Gasteiger partial charge in [0.2, 0.25) is 0 Å². The van der Waals surface area contributed by atoms with E-state index in [1.54, 1.807) is 7.05 Å². The normalized spacial score (nSPS) is 15.2. The van der Waals surface area contributed by atoms with Crippen LogP contribution in [0.15, 0.2) is 36.5 Å². The fourth-order valence-electron chi connectivity index (χ4n) is 2.85. The largest absolute Gasteiger partial charge is 0.346 e. The van der Waals surface area contributed by atoms with Crippen LogP contribution in [-0.2, 0) is 13.6 Å². The number of hydrogen-bond donors (Lipinski definition) is 1. The van der Waals surface area contributed by atoms with Gasteiger partial charge in [-0.3, -0.25) is 19.7 Å². The molecule has 1 aromatic heterocycles. The summed E-state index contributed by atoms with van der Waals surface area (Å²) in [7, 11) is 1.67. The molecule has 0 bridgehead atoms. The summed E-state index contributed by atoms with van der Waals surface area (Å²) in [6.07, 6.45) is 1.45. The van der Waals surface area contributed by atoms with Crippen molar-refractivity contribution in [3.63, 3.8) is 0 Å². The molecule has 132 valence electrons. The first-order valence-electron chi connectivity index (χ1n) is 8.08. The van der Waals surface area contributed by atoms with Crippen LogP contribution >= 0.6 is 23.8 Å². The van der Waals surface area contributed by atoms with E-state index in [1.807, 2.05) is 11.0 Å². The first-order valence-corrected chi connectivity index (χ1v) is 8.87. The van der Waals surface area contributed by atoms with Gasteiger partial charge in [0.25, 0.3) is 5.91 Å².